The van der Waals surface area contributed by atoms with Crippen LogP contribution in [-0.2, 0) is 6.54 Å². The van der Waals surface area contributed by atoms with Crippen molar-refractivity contribution in [3.05, 3.63) is 70.0 Å². The maximum absolute atomic E-state index is 13.7. The topological polar surface area (TPSA) is 108 Å². The lowest BCUT2D eigenvalue weighted by molar-refractivity contribution is 0.279. The first-order valence-corrected chi connectivity index (χ1v) is 11.4. The van der Waals surface area contributed by atoms with Crippen LogP contribution in [-0.4, -0.2) is 40.4 Å². The Balaban J connectivity index is 1.97. The molecule has 1 aliphatic rings. The first-order chi connectivity index (χ1) is 16.0. The summed E-state index contributed by atoms with van der Waals surface area (Å²) >= 11 is 0. The molecular formula is C26H29N5O2. The number of hydrogen-bond acceptors (Lipinski definition) is 6. The molecule has 0 aliphatic carbocycles. The zero-order valence-electron chi connectivity index (χ0n) is 18.9. The number of nitrogens with zero attached hydrogens (tertiary/aromatic N) is 4. The second kappa shape index (κ2) is 9.99. The highest BCUT2D eigenvalue weighted by molar-refractivity contribution is 5.79. The molecule has 7 heteroatoms. The van der Waals surface area contributed by atoms with Crippen LogP contribution >= 0.6 is 0 Å². The molecule has 170 valence electrons. The lowest BCUT2D eigenvalue weighted by atomic mass is 10.0. The van der Waals surface area contributed by atoms with Gasteiger partial charge in [0.1, 0.15) is 0 Å². The van der Waals surface area contributed by atoms with E-state index in [2.05, 4.69) is 6.07 Å². The number of anilines is 1. The Morgan fingerprint density at radius 2 is 1.73 bits per heavy atom. The average Bonchev–Trinajstić information content (AvgIpc) is 2.84. The first-order valence-electron chi connectivity index (χ1n) is 11.4. The van der Waals surface area contributed by atoms with E-state index in [0.717, 1.165) is 35.2 Å². The molecule has 0 bridgehead atoms. The molecule has 2 heterocycles. The zero-order valence-corrected chi connectivity index (χ0v) is 18.9. The summed E-state index contributed by atoms with van der Waals surface area (Å²) in [7, 11) is 0. The minimum absolute atomic E-state index is 0.0117. The molecule has 0 radical (unpaired) electrons. The molecule has 1 fully saturated rings. The summed E-state index contributed by atoms with van der Waals surface area (Å²) in [5.74, 6) is 0.412. The molecule has 1 aromatic heterocycles. The standard InChI is InChI=1S/C26H29N5O2/c1-18-3-7-21(8-4-18)24-23(20-9-5-19(17-27)6-10-20)29-25(26(33)31(24)13-2-16-32)30-14-11-22(28)12-15-30/h3-10,22,32H,2,11-16,28H2,1H3. The SMILES string of the molecule is Cc1ccc(-c2c(-c3ccc(C#N)cc3)nc(N3CCC(N)CC3)c(=O)n2CCCO)cc1. The third-order valence-corrected chi connectivity index (χ3v) is 6.14. The molecule has 0 unspecified atom stereocenters. The van der Waals surface area contributed by atoms with Gasteiger partial charge in [-0.25, -0.2) is 4.98 Å². The minimum atomic E-state index is -0.160. The van der Waals surface area contributed by atoms with E-state index in [-0.39, 0.29) is 18.2 Å². The molecule has 2 aromatic carbocycles. The summed E-state index contributed by atoms with van der Waals surface area (Å²) in [5.41, 5.74) is 10.7. The van der Waals surface area contributed by atoms with E-state index in [4.69, 9.17) is 10.7 Å². The molecule has 7 nitrogen and oxygen atoms in total. The van der Waals surface area contributed by atoms with Crippen LogP contribution in [0, 0.1) is 18.3 Å². The van der Waals surface area contributed by atoms with E-state index >= 15 is 0 Å². The Hall–Kier alpha value is -3.47. The van der Waals surface area contributed by atoms with E-state index in [1.165, 1.54) is 0 Å². The maximum Gasteiger partial charge on any atom is 0.294 e. The van der Waals surface area contributed by atoms with Crippen molar-refractivity contribution < 1.29 is 5.11 Å². The van der Waals surface area contributed by atoms with E-state index in [9.17, 15) is 15.2 Å². The van der Waals surface area contributed by atoms with Gasteiger partial charge in [0.2, 0.25) is 0 Å². The van der Waals surface area contributed by atoms with Gasteiger partial charge >= 0.3 is 0 Å². The van der Waals surface area contributed by atoms with Gasteiger partial charge in [-0.1, -0.05) is 42.0 Å². The van der Waals surface area contributed by atoms with Crippen molar-refractivity contribution >= 4 is 5.82 Å². The Labute approximate surface area is 193 Å². The highest BCUT2D eigenvalue weighted by Crippen LogP contribution is 2.32. The smallest absolute Gasteiger partial charge is 0.294 e. The Bertz CT molecular complexity index is 1200. The van der Waals surface area contributed by atoms with Crippen molar-refractivity contribution in [3.63, 3.8) is 0 Å². The van der Waals surface area contributed by atoms with Crippen molar-refractivity contribution in [2.24, 2.45) is 5.73 Å². The number of aliphatic hydroxyl groups excluding tert-OH is 1. The Kier molecular flexibility index (Phi) is 6.87. The largest absolute Gasteiger partial charge is 0.396 e. The molecule has 0 atom stereocenters. The summed E-state index contributed by atoms with van der Waals surface area (Å²) in [5, 5.41) is 18.7. The first kappa shape index (κ1) is 22.7. The average molecular weight is 444 g/mol. The van der Waals surface area contributed by atoms with Crippen LogP contribution in [0.5, 0.6) is 0 Å². The van der Waals surface area contributed by atoms with Crippen LogP contribution in [0.2, 0.25) is 0 Å². The molecule has 0 spiro atoms. The van der Waals surface area contributed by atoms with Gasteiger partial charge in [0.15, 0.2) is 5.82 Å². The third-order valence-electron chi connectivity index (χ3n) is 6.14. The molecule has 0 saturated carbocycles. The predicted octanol–water partition coefficient (Wildman–Crippen LogP) is 3.07. The maximum atomic E-state index is 13.7. The fraction of sp³-hybridized carbons (Fsp3) is 0.346. The molecule has 4 rings (SSSR count). The highest BCUT2D eigenvalue weighted by atomic mass is 16.3. The van der Waals surface area contributed by atoms with Gasteiger partial charge in [-0.2, -0.15) is 5.26 Å². The highest BCUT2D eigenvalue weighted by Gasteiger charge is 2.25. The number of piperidine rings is 1. The van der Waals surface area contributed by atoms with Crippen LogP contribution < -0.4 is 16.2 Å². The monoisotopic (exact) mass is 443 g/mol. The van der Waals surface area contributed by atoms with Gasteiger partial charge in [-0.05, 0) is 38.3 Å². The number of benzene rings is 2. The zero-order chi connectivity index (χ0) is 23.4. The van der Waals surface area contributed by atoms with E-state index < -0.39 is 0 Å². The number of rotatable bonds is 6. The summed E-state index contributed by atoms with van der Waals surface area (Å²) in [4.78, 5) is 20.6. The quantitative estimate of drug-likeness (QED) is 0.606. The number of hydrogen-bond donors (Lipinski definition) is 2. The molecule has 1 aliphatic heterocycles. The number of aromatic nitrogens is 2. The molecular weight excluding hydrogens is 414 g/mol. The van der Waals surface area contributed by atoms with Gasteiger partial charge in [0.25, 0.3) is 5.56 Å². The number of aryl methyl sites for hydroxylation is 1. The second-order valence-corrected chi connectivity index (χ2v) is 8.55. The number of nitrogens with two attached hydrogens (primary N) is 1. The van der Waals surface area contributed by atoms with E-state index in [0.29, 0.717) is 43.1 Å². The van der Waals surface area contributed by atoms with Crippen LogP contribution in [0.3, 0.4) is 0 Å². The summed E-state index contributed by atoms with van der Waals surface area (Å²) in [6, 6.07) is 17.6. The van der Waals surface area contributed by atoms with Crippen molar-refractivity contribution in [1.82, 2.24) is 9.55 Å². The van der Waals surface area contributed by atoms with Crippen LogP contribution in [0.15, 0.2) is 53.3 Å². The normalized spacial score (nSPS) is 14.3. The number of nitriles is 1. The van der Waals surface area contributed by atoms with Gasteiger partial charge in [-0.3, -0.25) is 4.79 Å². The van der Waals surface area contributed by atoms with Gasteiger partial charge in [-0.15, -0.1) is 0 Å². The molecule has 0 amide bonds. The lowest BCUT2D eigenvalue weighted by Crippen LogP contribution is -2.43. The van der Waals surface area contributed by atoms with Crippen molar-refractivity contribution in [2.45, 2.75) is 38.8 Å². The Morgan fingerprint density at radius 1 is 1.09 bits per heavy atom. The number of aliphatic hydroxyl groups is 1. The minimum Gasteiger partial charge on any atom is -0.396 e. The van der Waals surface area contributed by atoms with Crippen LogP contribution in [0.4, 0.5) is 5.82 Å². The fourth-order valence-corrected chi connectivity index (χ4v) is 4.22. The fourth-order valence-electron chi connectivity index (χ4n) is 4.22. The predicted molar refractivity (Wildman–Crippen MR) is 130 cm³/mol. The molecule has 1 saturated heterocycles. The molecule has 3 N–H and O–H groups in total. The van der Waals surface area contributed by atoms with E-state index in [1.807, 2.05) is 48.2 Å². The van der Waals surface area contributed by atoms with Gasteiger partial charge in [0.05, 0.1) is 23.0 Å². The van der Waals surface area contributed by atoms with Crippen molar-refractivity contribution in [1.29, 1.82) is 5.26 Å². The molecule has 3 aromatic rings. The molecule has 33 heavy (non-hydrogen) atoms. The van der Waals surface area contributed by atoms with Crippen LogP contribution in [0.1, 0.15) is 30.4 Å². The van der Waals surface area contributed by atoms with E-state index in [1.54, 1.807) is 16.7 Å². The van der Waals surface area contributed by atoms with Crippen LogP contribution in [0.25, 0.3) is 22.5 Å². The summed E-state index contributed by atoms with van der Waals surface area (Å²) in [6.07, 6.45) is 2.08. The Morgan fingerprint density at radius 3 is 2.33 bits per heavy atom. The summed E-state index contributed by atoms with van der Waals surface area (Å²) in [6.45, 7) is 3.75. The lowest BCUT2D eigenvalue weighted by Gasteiger charge is -2.31. The van der Waals surface area contributed by atoms with Crippen molar-refractivity contribution in [3.8, 4) is 28.6 Å². The van der Waals surface area contributed by atoms with Crippen molar-refractivity contribution in [2.75, 3.05) is 24.6 Å². The third kappa shape index (κ3) is 4.82. The second-order valence-electron chi connectivity index (χ2n) is 8.55. The van der Waals surface area contributed by atoms with Gasteiger partial charge < -0.3 is 20.3 Å². The summed E-state index contributed by atoms with van der Waals surface area (Å²) < 4.78 is 1.74. The van der Waals surface area contributed by atoms with Gasteiger partial charge in [0, 0.05) is 43.4 Å².